The number of hydrogen-bond acceptors (Lipinski definition) is 6. The van der Waals surface area contributed by atoms with Gasteiger partial charge in [0, 0.05) is 11.6 Å². The highest BCUT2D eigenvalue weighted by Crippen LogP contribution is 2.33. The van der Waals surface area contributed by atoms with Crippen molar-refractivity contribution in [1.29, 1.82) is 0 Å². The number of carbonyl (C=O) groups excluding carboxylic acids is 2. The average molecular weight is 448 g/mol. The van der Waals surface area contributed by atoms with Crippen molar-refractivity contribution in [2.75, 3.05) is 7.11 Å². The van der Waals surface area contributed by atoms with Crippen molar-refractivity contribution < 1.29 is 32.9 Å². The number of ether oxygens (including phenoxy) is 4. The molecule has 0 radical (unpaired) electrons. The van der Waals surface area contributed by atoms with Gasteiger partial charge in [-0.1, -0.05) is 18.2 Å². The number of methoxy groups -OCH3 is 1. The van der Waals surface area contributed by atoms with Crippen LogP contribution in [0.25, 0.3) is 0 Å². The summed E-state index contributed by atoms with van der Waals surface area (Å²) in [5, 5.41) is 2.45. The van der Waals surface area contributed by atoms with Crippen LogP contribution in [0.1, 0.15) is 46.3 Å². The molecule has 0 bridgehead atoms. The van der Waals surface area contributed by atoms with Gasteiger partial charge in [0.05, 0.1) is 7.11 Å². The Morgan fingerprint density at radius 1 is 1.03 bits per heavy atom. The lowest BCUT2D eigenvalue weighted by Crippen LogP contribution is -2.43. The zero-order valence-electron chi connectivity index (χ0n) is 19.2. The number of rotatable bonds is 8. The Morgan fingerprint density at radius 3 is 2.28 bits per heavy atom. The van der Waals surface area contributed by atoms with Crippen LogP contribution < -0.4 is 14.8 Å². The molecule has 2 aromatic carbocycles. The van der Waals surface area contributed by atoms with Crippen LogP contribution in [0.4, 0.5) is 9.18 Å². The van der Waals surface area contributed by atoms with Gasteiger partial charge in [0.2, 0.25) is 0 Å². The molecule has 0 aliphatic rings. The zero-order chi connectivity index (χ0) is 23.9. The summed E-state index contributed by atoms with van der Waals surface area (Å²) in [5.74, 6) is -0.351. The smallest absolute Gasteiger partial charge is 0.408 e. The molecule has 2 rings (SSSR count). The topological polar surface area (TPSA) is 83.1 Å². The molecule has 0 aliphatic heterocycles. The minimum absolute atomic E-state index is 0.258. The van der Waals surface area contributed by atoms with Crippen LogP contribution in [0.2, 0.25) is 0 Å². The lowest BCUT2D eigenvalue weighted by atomic mass is 10.0. The van der Waals surface area contributed by atoms with E-state index in [4.69, 9.17) is 18.9 Å². The number of amides is 1. The molecule has 0 aliphatic carbocycles. The predicted molar refractivity (Wildman–Crippen MR) is 117 cm³/mol. The molecule has 7 nitrogen and oxygen atoms in total. The average Bonchev–Trinajstić information content (AvgIpc) is 2.71. The van der Waals surface area contributed by atoms with Crippen molar-refractivity contribution in [3.8, 4) is 11.5 Å². The van der Waals surface area contributed by atoms with E-state index < -0.39 is 41.7 Å². The molecule has 0 fully saturated rings. The van der Waals surface area contributed by atoms with Crippen molar-refractivity contribution in [2.45, 2.75) is 58.5 Å². The van der Waals surface area contributed by atoms with Gasteiger partial charge in [-0.25, -0.2) is 14.0 Å². The first-order chi connectivity index (χ1) is 15.0. The highest BCUT2D eigenvalue weighted by Gasteiger charge is 2.30. The van der Waals surface area contributed by atoms with Gasteiger partial charge in [-0.2, -0.15) is 0 Å². The lowest BCUT2D eigenvalue weighted by Gasteiger charge is -2.28. The molecule has 2 aromatic rings. The SMILES string of the molecule is COc1cc(F)ccc1[C@@H](Oc1ccccc1)[C@H](C)OC(=O)[C@H](C)NC(=O)OC(C)(C)C. The molecule has 0 heterocycles. The van der Waals surface area contributed by atoms with Crippen LogP contribution in [-0.4, -0.2) is 36.9 Å². The summed E-state index contributed by atoms with van der Waals surface area (Å²) in [7, 11) is 1.42. The summed E-state index contributed by atoms with van der Waals surface area (Å²) in [4.78, 5) is 24.6. The highest BCUT2D eigenvalue weighted by molar-refractivity contribution is 5.81. The minimum atomic E-state index is -0.959. The van der Waals surface area contributed by atoms with Gasteiger partial charge in [0.25, 0.3) is 0 Å². The summed E-state index contributed by atoms with van der Waals surface area (Å²) in [6.07, 6.45) is -2.33. The van der Waals surface area contributed by atoms with Crippen molar-refractivity contribution in [3.63, 3.8) is 0 Å². The third-order valence-corrected chi connectivity index (χ3v) is 4.32. The fraction of sp³-hybridized carbons (Fsp3) is 0.417. The Hall–Kier alpha value is -3.29. The van der Waals surface area contributed by atoms with Crippen molar-refractivity contribution >= 4 is 12.1 Å². The summed E-state index contributed by atoms with van der Waals surface area (Å²) in [6.45, 7) is 8.30. The number of para-hydroxylation sites is 1. The van der Waals surface area contributed by atoms with E-state index in [1.54, 1.807) is 52.0 Å². The summed E-state index contributed by atoms with van der Waals surface area (Å²) >= 11 is 0. The van der Waals surface area contributed by atoms with E-state index in [9.17, 15) is 14.0 Å². The lowest BCUT2D eigenvalue weighted by molar-refractivity contribution is -0.155. The van der Waals surface area contributed by atoms with Crippen LogP contribution in [0.15, 0.2) is 48.5 Å². The normalized spacial score (nSPS) is 14.0. The molecule has 32 heavy (non-hydrogen) atoms. The molecule has 0 spiro atoms. The molecular formula is C24H30FNO6. The Kier molecular flexibility index (Phi) is 8.46. The van der Waals surface area contributed by atoms with Crippen LogP contribution in [0.5, 0.6) is 11.5 Å². The molecule has 0 saturated heterocycles. The first kappa shape index (κ1) is 25.0. The van der Waals surface area contributed by atoms with Crippen molar-refractivity contribution in [3.05, 3.63) is 59.9 Å². The maximum Gasteiger partial charge on any atom is 0.408 e. The quantitative estimate of drug-likeness (QED) is 0.586. The molecule has 3 atom stereocenters. The molecule has 0 saturated carbocycles. The van der Waals surface area contributed by atoms with E-state index >= 15 is 0 Å². The van der Waals surface area contributed by atoms with Gasteiger partial charge >= 0.3 is 12.1 Å². The summed E-state index contributed by atoms with van der Waals surface area (Å²) in [5.41, 5.74) is -0.194. The molecule has 174 valence electrons. The second kappa shape index (κ2) is 10.8. The van der Waals surface area contributed by atoms with E-state index in [2.05, 4.69) is 5.32 Å². The Bertz CT molecular complexity index is 912. The van der Waals surface area contributed by atoms with E-state index in [0.717, 1.165) is 0 Å². The first-order valence-corrected chi connectivity index (χ1v) is 10.3. The van der Waals surface area contributed by atoms with Crippen LogP contribution in [0.3, 0.4) is 0 Å². The molecule has 0 aromatic heterocycles. The highest BCUT2D eigenvalue weighted by atomic mass is 19.1. The predicted octanol–water partition coefficient (Wildman–Crippen LogP) is 4.80. The number of alkyl carbamates (subject to hydrolysis) is 1. The van der Waals surface area contributed by atoms with Gasteiger partial charge in [0.15, 0.2) is 6.10 Å². The van der Waals surface area contributed by atoms with Crippen molar-refractivity contribution in [1.82, 2.24) is 5.32 Å². The Labute approximate surface area is 187 Å². The maximum atomic E-state index is 13.7. The monoisotopic (exact) mass is 447 g/mol. The molecule has 8 heteroatoms. The van der Waals surface area contributed by atoms with Gasteiger partial charge in [-0.3, -0.25) is 0 Å². The second-order valence-electron chi connectivity index (χ2n) is 8.25. The number of esters is 1. The molecule has 1 amide bonds. The van der Waals surface area contributed by atoms with E-state index in [-0.39, 0.29) is 5.75 Å². The van der Waals surface area contributed by atoms with Gasteiger partial charge in [-0.05, 0) is 58.9 Å². The third kappa shape index (κ3) is 7.44. The third-order valence-electron chi connectivity index (χ3n) is 4.32. The Morgan fingerprint density at radius 2 is 1.69 bits per heavy atom. The van der Waals surface area contributed by atoms with Crippen LogP contribution >= 0.6 is 0 Å². The summed E-state index contributed by atoms with van der Waals surface area (Å²) < 4.78 is 35.9. The van der Waals surface area contributed by atoms with Gasteiger partial charge in [-0.15, -0.1) is 0 Å². The number of carbonyl (C=O) groups is 2. The van der Waals surface area contributed by atoms with E-state index in [1.165, 1.54) is 32.2 Å². The molecule has 1 N–H and O–H groups in total. The number of nitrogens with one attached hydrogen (secondary N) is 1. The summed E-state index contributed by atoms with van der Waals surface area (Å²) in [6, 6.07) is 12.0. The van der Waals surface area contributed by atoms with Gasteiger partial charge < -0.3 is 24.3 Å². The van der Waals surface area contributed by atoms with Crippen LogP contribution in [-0.2, 0) is 14.3 Å². The molecule has 0 unspecified atom stereocenters. The standard InChI is InChI=1S/C24H30FNO6/c1-15(26-23(28)32-24(3,4)5)22(27)30-16(2)21(31-18-10-8-7-9-11-18)19-13-12-17(25)14-20(19)29-6/h7-16,21H,1-6H3,(H,26,28)/t15-,16-,21-/m0/s1. The number of hydrogen-bond donors (Lipinski definition) is 1. The maximum absolute atomic E-state index is 13.7. The van der Waals surface area contributed by atoms with E-state index in [0.29, 0.717) is 11.3 Å². The number of halogens is 1. The van der Waals surface area contributed by atoms with Gasteiger partial charge in [0.1, 0.15) is 35.1 Å². The molecular weight excluding hydrogens is 417 g/mol. The Balaban J connectivity index is 2.20. The number of benzene rings is 2. The fourth-order valence-electron chi connectivity index (χ4n) is 2.87. The zero-order valence-corrected chi connectivity index (χ0v) is 19.2. The van der Waals surface area contributed by atoms with Crippen LogP contribution in [0, 0.1) is 5.82 Å². The minimum Gasteiger partial charge on any atom is -0.496 e. The largest absolute Gasteiger partial charge is 0.496 e. The van der Waals surface area contributed by atoms with Crippen molar-refractivity contribution in [2.24, 2.45) is 0 Å². The second-order valence-corrected chi connectivity index (χ2v) is 8.25. The van der Waals surface area contributed by atoms with E-state index in [1.807, 2.05) is 6.07 Å². The first-order valence-electron chi connectivity index (χ1n) is 10.3. The fourth-order valence-corrected chi connectivity index (χ4v) is 2.87.